The smallest absolute Gasteiger partial charge is 0.390 e. The summed E-state index contributed by atoms with van der Waals surface area (Å²) in [6.45, 7) is 4.34. The second-order valence-corrected chi connectivity index (χ2v) is 15.8. The van der Waals surface area contributed by atoms with Crippen LogP contribution in [0.4, 0.5) is 18.9 Å². The zero-order valence-electron chi connectivity index (χ0n) is 27.9. The molecule has 0 saturated heterocycles. The van der Waals surface area contributed by atoms with Gasteiger partial charge in [-0.1, -0.05) is 62.7 Å². The fourth-order valence-electron chi connectivity index (χ4n) is 7.05. The molecule has 4 aromatic rings. The third kappa shape index (κ3) is 6.82. The van der Waals surface area contributed by atoms with Crippen molar-refractivity contribution < 1.29 is 31.5 Å². The monoisotopic (exact) mass is 696 g/mol. The number of rotatable bonds is 12. The number of nitrogens with zero attached hydrogens (tertiary/aromatic N) is 2. The average Bonchev–Trinajstić information content (AvgIpc) is 3.81. The van der Waals surface area contributed by atoms with Crippen molar-refractivity contribution in [1.29, 1.82) is 0 Å². The molecule has 49 heavy (non-hydrogen) atoms. The van der Waals surface area contributed by atoms with Gasteiger partial charge in [0.1, 0.15) is 4.75 Å². The predicted molar refractivity (Wildman–Crippen MR) is 185 cm³/mol. The Hall–Kier alpha value is -3.87. The van der Waals surface area contributed by atoms with Gasteiger partial charge in [0.25, 0.3) is 5.91 Å². The van der Waals surface area contributed by atoms with E-state index in [1.165, 1.54) is 10.4 Å². The molecule has 2 heterocycles. The Morgan fingerprint density at radius 2 is 1.78 bits per heavy atom. The van der Waals surface area contributed by atoms with Crippen LogP contribution in [0.5, 0.6) is 0 Å². The number of alkyl halides is 3. The molecule has 0 unspecified atom stereocenters. The van der Waals surface area contributed by atoms with Crippen LogP contribution in [-0.2, 0) is 35.6 Å². The van der Waals surface area contributed by atoms with E-state index in [2.05, 4.69) is 10.6 Å². The maximum atomic E-state index is 14.0. The molecule has 1 aliphatic carbocycles. The van der Waals surface area contributed by atoms with E-state index in [4.69, 9.17) is 0 Å². The highest BCUT2D eigenvalue weighted by Gasteiger charge is 2.58. The first-order valence-electron chi connectivity index (χ1n) is 16.9. The minimum absolute atomic E-state index is 0.00880. The molecule has 3 N–H and O–H groups in total. The molecule has 12 heteroatoms. The summed E-state index contributed by atoms with van der Waals surface area (Å²) in [5.41, 5.74) is 3.12. The number of hydrogen-bond donors (Lipinski definition) is 3. The van der Waals surface area contributed by atoms with Gasteiger partial charge in [-0.15, -0.1) is 0 Å². The summed E-state index contributed by atoms with van der Waals surface area (Å²) in [5, 5.41) is 18.6. The number of carbonyl (C=O) groups excluding carboxylic acids is 1. The molecule has 0 bridgehead atoms. The van der Waals surface area contributed by atoms with Gasteiger partial charge in [-0.3, -0.25) is 9.10 Å². The van der Waals surface area contributed by atoms with Crippen LogP contribution in [0.15, 0.2) is 72.9 Å². The molecule has 8 nitrogen and oxygen atoms in total. The summed E-state index contributed by atoms with van der Waals surface area (Å²) in [7, 11) is -2.13. The van der Waals surface area contributed by atoms with Crippen LogP contribution in [0.2, 0.25) is 0 Å². The Balaban J connectivity index is 1.29. The van der Waals surface area contributed by atoms with E-state index in [9.17, 15) is 31.5 Å². The Labute approximate surface area is 285 Å². The van der Waals surface area contributed by atoms with Crippen LogP contribution < -0.4 is 14.9 Å². The number of aromatic nitrogens is 1. The van der Waals surface area contributed by atoms with Crippen molar-refractivity contribution in [3.63, 3.8) is 0 Å². The Kier molecular flexibility index (Phi) is 9.60. The van der Waals surface area contributed by atoms with Crippen LogP contribution in [0, 0.1) is 0 Å². The number of aliphatic hydroxyl groups excluding tert-OH is 1. The topological polar surface area (TPSA) is 104 Å². The summed E-state index contributed by atoms with van der Waals surface area (Å²) in [4.78, 5) is 14.0. The van der Waals surface area contributed by atoms with E-state index in [0.29, 0.717) is 56.3 Å². The third-order valence-corrected chi connectivity index (χ3v) is 12.6. The van der Waals surface area contributed by atoms with Crippen molar-refractivity contribution in [3.8, 4) is 0 Å². The number of amides is 1. The highest BCUT2D eigenvalue weighted by molar-refractivity contribution is 7.94. The predicted octanol–water partition coefficient (Wildman–Crippen LogP) is 6.37. The molecular weight excluding hydrogens is 653 g/mol. The lowest BCUT2D eigenvalue weighted by molar-refractivity contribution is -0.137. The van der Waals surface area contributed by atoms with Gasteiger partial charge in [-0.2, -0.15) is 13.2 Å². The van der Waals surface area contributed by atoms with Crippen molar-refractivity contribution >= 4 is 32.5 Å². The van der Waals surface area contributed by atoms with E-state index in [1.54, 1.807) is 25.2 Å². The number of aliphatic hydroxyl groups is 1. The lowest BCUT2D eigenvalue weighted by Crippen LogP contribution is -2.49. The first-order valence-corrected chi connectivity index (χ1v) is 18.3. The average molecular weight is 697 g/mol. The molecule has 6 rings (SSSR count). The van der Waals surface area contributed by atoms with Crippen LogP contribution in [0.25, 0.3) is 10.9 Å². The molecule has 1 aromatic heterocycles. The van der Waals surface area contributed by atoms with Crippen LogP contribution >= 0.6 is 0 Å². The summed E-state index contributed by atoms with van der Waals surface area (Å²) >= 11 is 0. The number of hydrogen-bond acceptors (Lipinski definition) is 5. The Morgan fingerprint density at radius 3 is 2.43 bits per heavy atom. The van der Waals surface area contributed by atoms with Gasteiger partial charge < -0.3 is 20.3 Å². The Bertz CT molecular complexity index is 1940. The maximum Gasteiger partial charge on any atom is 0.416 e. The Morgan fingerprint density at radius 1 is 1.04 bits per heavy atom. The number of benzene rings is 3. The molecule has 1 aliphatic heterocycles. The number of halogens is 3. The van der Waals surface area contributed by atoms with Crippen LogP contribution in [-0.4, -0.2) is 54.5 Å². The van der Waals surface area contributed by atoms with Crippen molar-refractivity contribution in [1.82, 2.24) is 15.2 Å². The molecule has 1 fully saturated rings. The maximum absolute atomic E-state index is 14.0. The quantitative estimate of drug-likeness (QED) is 0.160. The lowest BCUT2D eigenvalue weighted by atomic mass is 9.97. The zero-order chi connectivity index (χ0) is 35.1. The lowest BCUT2D eigenvalue weighted by Gasteiger charge is -2.28. The highest BCUT2D eigenvalue weighted by atomic mass is 32.2. The van der Waals surface area contributed by atoms with Crippen molar-refractivity contribution in [3.05, 3.63) is 101 Å². The van der Waals surface area contributed by atoms with Gasteiger partial charge >= 0.3 is 6.18 Å². The summed E-state index contributed by atoms with van der Waals surface area (Å²) in [6, 6.07) is 16.8. The van der Waals surface area contributed by atoms with E-state index < -0.39 is 50.6 Å². The second kappa shape index (κ2) is 13.4. The molecule has 1 saturated carbocycles. The van der Waals surface area contributed by atoms with E-state index in [0.717, 1.165) is 34.2 Å². The third-order valence-electron chi connectivity index (χ3n) is 10.0. The molecule has 262 valence electrons. The minimum atomic E-state index is -4.48. The second-order valence-electron chi connectivity index (χ2n) is 13.4. The normalized spacial score (nSPS) is 18.2. The van der Waals surface area contributed by atoms with E-state index in [-0.39, 0.29) is 12.1 Å². The van der Waals surface area contributed by atoms with Crippen molar-refractivity contribution in [2.75, 3.05) is 17.9 Å². The highest BCUT2D eigenvalue weighted by Crippen LogP contribution is 2.51. The molecule has 1 spiro atoms. The van der Waals surface area contributed by atoms with Gasteiger partial charge in [0.2, 0.25) is 10.0 Å². The SMILES string of the molecule is CCC[C@@H](NC[C@@H](O)[C@H](Cc1ccccc1)NC(=O)c1cc2c3c(c1)c(CC)cn3CC1(CC1)S(=O)(=O)N2C)c1cccc(C(F)(F)F)c1. The van der Waals surface area contributed by atoms with E-state index >= 15 is 0 Å². The first-order chi connectivity index (χ1) is 23.3. The first kappa shape index (κ1) is 35.0. The van der Waals surface area contributed by atoms with Gasteiger partial charge in [-0.25, -0.2) is 8.42 Å². The standard InChI is InChI=1S/C37H43F3N4O4S/c1-4-10-30(26-13-9-14-28(18-26)37(38,39)40)41-21-33(45)31(17-24-11-7-6-8-12-24)42-35(46)27-19-29-25(5-2)22-44-23-36(15-16-36)49(47,48)43(3)32(20-27)34(29)44/h6-9,11-14,18-20,22,30-31,33,41,45H,4-5,10,15-17,21,23H2,1-3H3,(H,42,46)/t30-,31+,33-/m1/s1. The molecule has 2 aliphatic rings. The number of anilines is 1. The number of carbonyl (C=O) groups is 1. The van der Waals surface area contributed by atoms with Crippen LogP contribution in [0.3, 0.4) is 0 Å². The molecule has 3 aromatic carbocycles. The fourth-order valence-corrected chi connectivity index (χ4v) is 8.95. The van der Waals surface area contributed by atoms with Gasteiger partial charge in [0.15, 0.2) is 0 Å². The van der Waals surface area contributed by atoms with Crippen LogP contribution in [0.1, 0.15) is 78.2 Å². The fraction of sp³-hybridized carbons (Fsp3) is 0.432. The summed E-state index contributed by atoms with van der Waals surface area (Å²) in [6.07, 6.45) is -0.181. The largest absolute Gasteiger partial charge is 0.416 e. The van der Waals surface area contributed by atoms with Crippen molar-refractivity contribution in [2.45, 2.75) is 88.0 Å². The number of sulfonamides is 1. The number of nitrogens with one attached hydrogen (secondary N) is 2. The van der Waals surface area contributed by atoms with Gasteiger partial charge in [0.05, 0.1) is 28.9 Å². The molecule has 1 amide bonds. The van der Waals surface area contributed by atoms with E-state index in [1.807, 2.05) is 54.9 Å². The molecular formula is C37H43F3N4O4S. The van der Waals surface area contributed by atoms with Crippen molar-refractivity contribution in [2.24, 2.45) is 0 Å². The molecule has 3 atom stereocenters. The van der Waals surface area contributed by atoms with Gasteiger partial charge in [0, 0.05) is 43.3 Å². The summed E-state index contributed by atoms with van der Waals surface area (Å²) < 4.78 is 70.3. The molecule has 0 radical (unpaired) electrons. The van der Waals surface area contributed by atoms with Gasteiger partial charge in [-0.05, 0) is 73.1 Å². The number of aryl methyl sites for hydroxylation is 1. The zero-order valence-corrected chi connectivity index (χ0v) is 28.7. The summed E-state index contributed by atoms with van der Waals surface area (Å²) in [5.74, 6) is -0.466. The minimum Gasteiger partial charge on any atom is -0.390 e.